The van der Waals surface area contributed by atoms with Crippen molar-refractivity contribution < 1.29 is 4.79 Å². The zero-order valence-electron chi connectivity index (χ0n) is 10.9. The molecule has 1 amide bonds. The van der Waals surface area contributed by atoms with Crippen LogP contribution in [0.2, 0.25) is 0 Å². The number of nitrogens with one attached hydrogen (secondary N) is 1. The van der Waals surface area contributed by atoms with Gasteiger partial charge in [0, 0.05) is 22.7 Å². The van der Waals surface area contributed by atoms with Crippen LogP contribution in [-0.2, 0) is 17.0 Å². The summed E-state index contributed by atoms with van der Waals surface area (Å²) in [4.78, 5) is 13.1. The summed E-state index contributed by atoms with van der Waals surface area (Å²) in [5.74, 6) is 1.05. The molecule has 2 aromatic rings. The molecular weight excluding hydrogens is 274 g/mol. The Balaban J connectivity index is 1.86. The Morgan fingerprint density at radius 1 is 1.32 bits per heavy atom. The molecule has 0 radical (unpaired) electrons. The Morgan fingerprint density at radius 2 is 2.21 bits per heavy atom. The van der Waals surface area contributed by atoms with Gasteiger partial charge >= 0.3 is 0 Å². The molecule has 1 heterocycles. The maximum Gasteiger partial charge on any atom is 0.224 e. The number of hydrogen-bond acceptors (Lipinski definition) is 3. The number of amides is 1. The van der Waals surface area contributed by atoms with Crippen molar-refractivity contribution in [2.45, 2.75) is 18.6 Å². The van der Waals surface area contributed by atoms with Crippen molar-refractivity contribution in [2.75, 3.05) is 11.6 Å². The van der Waals surface area contributed by atoms with E-state index in [-0.39, 0.29) is 5.91 Å². The van der Waals surface area contributed by atoms with Crippen LogP contribution in [0, 0.1) is 0 Å². The lowest BCUT2D eigenvalue weighted by molar-refractivity contribution is -0.116. The fourth-order valence-electron chi connectivity index (χ4n) is 1.82. The summed E-state index contributed by atoms with van der Waals surface area (Å²) >= 11 is 3.48. The summed E-state index contributed by atoms with van der Waals surface area (Å²) in [5, 5.41) is 5.00. The molecule has 100 valence electrons. The maximum atomic E-state index is 11.9. The number of anilines is 1. The van der Waals surface area contributed by atoms with Crippen molar-refractivity contribution in [3.8, 4) is 0 Å². The first-order chi connectivity index (χ1) is 9.28. The van der Waals surface area contributed by atoms with Gasteiger partial charge in [-0.2, -0.15) is 11.8 Å². The second-order valence-electron chi connectivity index (χ2n) is 4.26. The molecule has 4 heteroatoms. The zero-order valence-corrected chi connectivity index (χ0v) is 12.5. The first-order valence-corrected chi connectivity index (χ1v) is 8.45. The monoisotopic (exact) mass is 291 g/mol. The summed E-state index contributed by atoms with van der Waals surface area (Å²) in [7, 11) is 0. The van der Waals surface area contributed by atoms with Gasteiger partial charge in [0.25, 0.3) is 0 Å². The van der Waals surface area contributed by atoms with Crippen LogP contribution < -0.4 is 5.32 Å². The van der Waals surface area contributed by atoms with E-state index in [1.807, 2.05) is 29.6 Å². The first kappa shape index (κ1) is 14.2. The molecule has 1 aromatic heterocycles. The van der Waals surface area contributed by atoms with Crippen LogP contribution in [0.1, 0.15) is 16.9 Å². The third-order valence-corrected chi connectivity index (χ3v) is 4.26. The fourth-order valence-corrected chi connectivity index (χ4v) is 3.04. The maximum absolute atomic E-state index is 11.9. The van der Waals surface area contributed by atoms with Crippen LogP contribution in [0.25, 0.3) is 0 Å². The second-order valence-corrected chi connectivity index (χ2v) is 6.16. The van der Waals surface area contributed by atoms with E-state index in [0.717, 1.165) is 17.9 Å². The predicted molar refractivity (Wildman–Crippen MR) is 84.9 cm³/mol. The topological polar surface area (TPSA) is 29.1 Å². The number of carbonyl (C=O) groups is 1. The molecule has 0 saturated heterocycles. The summed E-state index contributed by atoms with van der Waals surface area (Å²) in [5.41, 5.74) is 2.13. The van der Waals surface area contributed by atoms with Crippen LogP contribution in [0.15, 0.2) is 41.8 Å². The Morgan fingerprint density at radius 3 is 2.95 bits per heavy atom. The van der Waals surface area contributed by atoms with Gasteiger partial charge in [-0.3, -0.25) is 4.79 Å². The molecule has 1 N–H and O–H groups in total. The van der Waals surface area contributed by atoms with Gasteiger partial charge in [-0.05, 0) is 41.8 Å². The summed E-state index contributed by atoms with van der Waals surface area (Å²) in [6.45, 7) is 0. The molecule has 0 saturated carbocycles. The van der Waals surface area contributed by atoms with E-state index >= 15 is 0 Å². The largest absolute Gasteiger partial charge is 0.326 e. The zero-order chi connectivity index (χ0) is 13.5. The highest BCUT2D eigenvalue weighted by molar-refractivity contribution is 7.97. The lowest BCUT2D eigenvalue weighted by atomic mass is 10.2. The average molecular weight is 291 g/mol. The van der Waals surface area contributed by atoms with Crippen molar-refractivity contribution in [3.05, 3.63) is 52.2 Å². The standard InChI is InChI=1S/C15H17NOS2/c1-18-11-12-4-2-5-13(10-12)16-15(17)8-7-14-6-3-9-19-14/h2-6,9-10H,7-8,11H2,1H3,(H,16,17). The minimum absolute atomic E-state index is 0.0784. The van der Waals surface area contributed by atoms with Gasteiger partial charge in [0.2, 0.25) is 5.91 Å². The fraction of sp³-hybridized carbons (Fsp3) is 0.267. The minimum Gasteiger partial charge on any atom is -0.326 e. The number of benzene rings is 1. The molecule has 0 spiro atoms. The third kappa shape index (κ3) is 4.73. The van der Waals surface area contributed by atoms with E-state index in [9.17, 15) is 4.79 Å². The van der Waals surface area contributed by atoms with Crippen LogP contribution in [0.4, 0.5) is 5.69 Å². The summed E-state index contributed by atoms with van der Waals surface area (Å²) in [6, 6.07) is 12.1. The predicted octanol–water partition coefficient (Wildman–Crippen LogP) is 4.18. The molecule has 0 fully saturated rings. The number of hydrogen-bond donors (Lipinski definition) is 1. The van der Waals surface area contributed by atoms with Crippen molar-refractivity contribution in [2.24, 2.45) is 0 Å². The summed E-state index contributed by atoms with van der Waals surface area (Å²) < 4.78 is 0. The quantitative estimate of drug-likeness (QED) is 0.865. The van der Waals surface area contributed by atoms with Crippen LogP contribution in [0.5, 0.6) is 0 Å². The number of aryl methyl sites for hydroxylation is 1. The molecule has 0 atom stereocenters. The normalized spacial score (nSPS) is 10.4. The highest BCUT2D eigenvalue weighted by Gasteiger charge is 2.04. The average Bonchev–Trinajstić information content (AvgIpc) is 2.90. The molecule has 19 heavy (non-hydrogen) atoms. The Labute approximate surface area is 122 Å². The Kier molecular flexibility index (Phi) is 5.48. The van der Waals surface area contributed by atoms with E-state index < -0.39 is 0 Å². The van der Waals surface area contributed by atoms with E-state index in [0.29, 0.717) is 6.42 Å². The van der Waals surface area contributed by atoms with Crippen molar-refractivity contribution in [1.82, 2.24) is 0 Å². The van der Waals surface area contributed by atoms with Gasteiger partial charge in [0.1, 0.15) is 0 Å². The second kappa shape index (κ2) is 7.36. The Bertz CT molecular complexity index is 523. The number of rotatable bonds is 6. The van der Waals surface area contributed by atoms with Gasteiger partial charge in [0.05, 0.1) is 0 Å². The van der Waals surface area contributed by atoms with Gasteiger partial charge < -0.3 is 5.32 Å². The Hall–Kier alpha value is -1.26. The van der Waals surface area contributed by atoms with Crippen molar-refractivity contribution >= 4 is 34.7 Å². The van der Waals surface area contributed by atoms with Gasteiger partial charge in [-0.25, -0.2) is 0 Å². The molecule has 1 aromatic carbocycles. The lowest BCUT2D eigenvalue weighted by Crippen LogP contribution is -2.12. The first-order valence-electron chi connectivity index (χ1n) is 6.18. The van der Waals surface area contributed by atoms with Crippen molar-refractivity contribution in [1.29, 1.82) is 0 Å². The third-order valence-electron chi connectivity index (χ3n) is 2.70. The highest BCUT2D eigenvalue weighted by Crippen LogP contribution is 2.16. The summed E-state index contributed by atoms with van der Waals surface area (Å²) in [6.07, 6.45) is 3.42. The number of thioether (sulfide) groups is 1. The van der Waals surface area contributed by atoms with E-state index in [1.165, 1.54) is 10.4 Å². The van der Waals surface area contributed by atoms with E-state index in [1.54, 1.807) is 23.1 Å². The van der Waals surface area contributed by atoms with Gasteiger partial charge in [-0.15, -0.1) is 11.3 Å². The molecule has 2 rings (SSSR count). The van der Waals surface area contributed by atoms with E-state index in [4.69, 9.17) is 0 Å². The van der Waals surface area contributed by atoms with Crippen LogP contribution in [0.3, 0.4) is 0 Å². The highest BCUT2D eigenvalue weighted by atomic mass is 32.2. The van der Waals surface area contributed by atoms with Gasteiger partial charge in [0.15, 0.2) is 0 Å². The molecule has 0 aliphatic heterocycles. The molecule has 0 bridgehead atoms. The minimum atomic E-state index is 0.0784. The molecular formula is C15H17NOS2. The number of carbonyl (C=O) groups excluding carboxylic acids is 1. The lowest BCUT2D eigenvalue weighted by Gasteiger charge is -2.06. The van der Waals surface area contributed by atoms with Crippen LogP contribution >= 0.6 is 23.1 Å². The molecule has 0 aliphatic rings. The molecule has 0 unspecified atom stereocenters. The number of thiophene rings is 1. The molecule has 2 nitrogen and oxygen atoms in total. The van der Waals surface area contributed by atoms with E-state index in [2.05, 4.69) is 23.7 Å². The smallest absolute Gasteiger partial charge is 0.224 e. The molecule has 0 aliphatic carbocycles. The van der Waals surface area contributed by atoms with Gasteiger partial charge in [-0.1, -0.05) is 18.2 Å². The van der Waals surface area contributed by atoms with Crippen LogP contribution in [-0.4, -0.2) is 12.2 Å². The van der Waals surface area contributed by atoms with Crippen molar-refractivity contribution in [3.63, 3.8) is 0 Å². The SMILES string of the molecule is CSCc1cccc(NC(=O)CCc2cccs2)c1.